The second-order valence-corrected chi connectivity index (χ2v) is 17.2. The van der Waals surface area contributed by atoms with E-state index < -0.39 is 12.1 Å². The number of ether oxygens (including phenoxy) is 1. The summed E-state index contributed by atoms with van der Waals surface area (Å²) in [5.41, 5.74) is 0. The number of aliphatic hydroxyl groups is 2. The maximum Gasteiger partial charge on any atom is 0.305 e. The molecule has 0 heterocycles. The smallest absolute Gasteiger partial charge is 0.305 e. The molecule has 6 heteroatoms. The lowest BCUT2D eigenvalue weighted by Gasteiger charge is -2.22. The molecule has 0 spiro atoms. The van der Waals surface area contributed by atoms with Gasteiger partial charge in [0.25, 0.3) is 0 Å². The minimum Gasteiger partial charge on any atom is -0.466 e. The van der Waals surface area contributed by atoms with Gasteiger partial charge in [-0.1, -0.05) is 239 Å². The third-order valence-electron chi connectivity index (χ3n) is 11.7. The average Bonchev–Trinajstić information content (AvgIpc) is 3.18. The Kier molecular flexibility index (Phi) is 44.6. The van der Waals surface area contributed by atoms with Crippen LogP contribution >= 0.6 is 0 Å². The van der Waals surface area contributed by atoms with Gasteiger partial charge >= 0.3 is 5.97 Å². The Bertz CT molecular complexity index is 776. The molecule has 2 unspecified atom stereocenters. The monoisotopic (exact) mass is 780 g/mol. The lowest BCUT2D eigenvalue weighted by molar-refractivity contribution is -0.143. The first-order chi connectivity index (χ1) is 27.0. The predicted octanol–water partition coefficient (Wildman–Crippen LogP) is 14.4. The van der Waals surface area contributed by atoms with E-state index in [1.54, 1.807) is 0 Å². The fraction of sp³-hybridized carbons (Fsp3) is 0.959. The Labute approximate surface area is 343 Å². The number of nitrogens with one attached hydrogen (secondary N) is 1. The van der Waals surface area contributed by atoms with E-state index in [2.05, 4.69) is 19.2 Å². The number of unbranched alkanes of at least 4 members (excludes halogenated alkanes) is 35. The van der Waals surface area contributed by atoms with Crippen molar-refractivity contribution in [2.75, 3.05) is 13.2 Å². The Morgan fingerprint density at radius 3 is 1.11 bits per heavy atom. The van der Waals surface area contributed by atoms with E-state index in [-0.39, 0.29) is 18.5 Å². The van der Waals surface area contributed by atoms with Gasteiger partial charge in [0.05, 0.1) is 25.4 Å². The number of carbonyl (C=O) groups is 2. The molecule has 2 atom stereocenters. The minimum absolute atomic E-state index is 0.00702. The van der Waals surface area contributed by atoms with Crippen molar-refractivity contribution in [1.29, 1.82) is 0 Å². The Balaban J connectivity index is 3.37. The highest BCUT2D eigenvalue weighted by atomic mass is 16.5. The molecular formula is C49H97NO5. The third-order valence-corrected chi connectivity index (χ3v) is 11.7. The van der Waals surface area contributed by atoms with Gasteiger partial charge in [-0.05, 0) is 25.7 Å². The van der Waals surface area contributed by atoms with Crippen LogP contribution in [-0.4, -0.2) is 47.4 Å². The van der Waals surface area contributed by atoms with Crippen LogP contribution in [0, 0.1) is 0 Å². The number of esters is 1. The van der Waals surface area contributed by atoms with E-state index in [4.69, 9.17) is 4.74 Å². The van der Waals surface area contributed by atoms with Crippen molar-refractivity contribution in [2.24, 2.45) is 0 Å². The summed E-state index contributed by atoms with van der Waals surface area (Å²) in [6, 6.07) is -0.540. The molecule has 0 aliphatic carbocycles. The minimum atomic E-state index is -0.662. The molecule has 0 fully saturated rings. The molecule has 0 aliphatic rings. The van der Waals surface area contributed by atoms with E-state index in [9.17, 15) is 19.8 Å². The standard InChI is InChI=1S/C49H97NO5/c1-3-5-7-9-11-13-22-27-31-35-39-43-49(54)55-44-40-36-32-28-24-21-19-17-15-14-16-18-20-23-26-30-34-38-42-48(53)50-46(45-51)47(52)41-37-33-29-25-12-10-8-6-4-2/h46-47,51-52H,3-45H2,1-2H3,(H,50,53). The van der Waals surface area contributed by atoms with Crippen LogP contribution in [-0.2, 0) is 14.3 Å². The summed E-state index contributed by atoms with van der Waals surface area (Å²) in [6.07, 6.45) is 49.3. The van der Waals surface area contributed by atoms with Crippen LogP contribution in [0.5, 0.6) is 0 Å². The van der Waals surface area contributed by atoms with Crippen molar-refractivity contribution in [3.05, 3.63) is 0 Å². The summed E-state index contributed by atoms with van der Waals surface area (Å²) in [6.45, 7) is 4.92. The molecule has 55 heavy (non-hydrogen) atoms. The normalized spacial score (nSPS) is 12.6. The van der Waals surface area contributed by atoms with Crippen LogP contribution in [0.2, 0.25) is 0 Å². The van der Waals surface area contributed by atoms with Gasteiger partial charge < -0.3 is 20.3 Å². The molecule has 0 bridgehead atoms. The highest BCUT2D eigenvalue weighted by Crippen LogP contribution is 2.17. The Morgan fingerprint density at radius 2 is 0.745 bits per heavy atom. The van der Waals surface area contributed by atoms with Crippen LogP contribution in [0.15, 0.2) is 0 Å². The average molecular weight is 780 g/mol. The van der Waals surface area contributed by atoms with Crippen LogP contribution in [0.4, 0.5) is 0 Å². The SMILES string of the molecule is CCCCCCCCCCCCCC(=O)OCCCCCCCCCCCCCCCCCCCCC(=O)NC(CO)C(O)CCCCCCCCCCC. The molecule has 0 saturated carbocycles. The van der Waals surface area contributed by atoms with Gasteiger partial charge in [0.15, 0.2) is 0 Å². The lowest BCUT2D eigenvalue weighted by Crippen LogP contribution is -2.45. The molecule has 0 aromatic carbocycles. The quantitative estimate of drug-likeness (QED) is 0.0422. The first-order valence-electron chi connectivity index (χ1n) is 24.8. The third kappa shape index (κ3) is 42.3. The number of amides is 1. The Hall–Kier alpha value is -1.14. The largest absolute Gasteiger partial charge is 0.466 e. The van der Waals surface area contributed by atoms with Gasteiger partial charge in [-0.25, -0.2) is 0 Å². The highest BCUT2D eigenvalue weighted by molar-refractivity contribution is 5.76. The second-order valence-electron chi connectivity index (χ2n) is 17.2. The Morgan fingerprint density at radius 1 is 0.436 bits per heavy atom. The van der Waals surface area contributed by atoms with Gasteiger partial charge in [0.1, 0.15) is 0 Å². The zero-order valence-corrected chi connectivity index (χ0v) is 37.2. The number of hydrogen-bond donors (Lipinski definition) is 3. The number of rotatable bonds is 46. The maximum absolute atomic E-state index is 12.4. The zero-order valence-electron chi connectivity index (χ0n) is 37.2. The summed E-state index contributed by atoms with van der Waals surface area (Å²) >= 11 is 0. The highest BCUT2D eigenvalue weighted by Gasteiger charge is 2.20. The van der Waals surface area contributed by atoms with Crippen molar-refractivity contribution < 1.29 is 24.5 Å². The van der Waals surface area contributed by atoms with E-state index in [0.29, 0.717) is 25.9 Å². The van der Waals surface area contributed by atoms with E-state index in [1.807, 2.05) is 0 Å². The zero-order chi connectivity index (χ0) is 40.1. The molecular weight excluding hydrogens is 683 g/mol. The topological polar surface area (TPSA) is 95.9 Å². The summed E-state index contributed by atoms with van der Waals surface area (Å²) in [5.74, 6) is -0.0336. The van der Waals surface area contributed by atoms with Crippen LogP contribution < -0.4 is 5.32 Å². The molecule has 0 aromatic rings. The molecule has 3 N–H and O–H groups in total. The van der Waals surface area contributed by atoms with Gasteiger partial charge in [0, 0.05) is 12.8 Å². The number of aliphatic hydroxyl groups excluding tert-OH is 2. The maximum atomic E-state index is 12.4. The lowest BCUT2D eigenvalue weighted by atomic mass is 10.0. The van der Waals surface area contributed by atoms with Crippen molar-refractivity contribution in [3.63, 3.8) is 0 Å². The molecule has 0 aliphatic heterocycles. The van der Waals surface area contributed by atoms with E-state index in [0.717, 1.165) is 38.5 Å². The van der Waals surface area contributed by atoms with Gasteiger partial charge in [0.2, 0.25) is 5.91 Å². The van der Waals surface area contributed by atoms with Crippen molar-refractivity contribution in [3.8, 4) is 0 Å². The molecule has 0 aromatic heterocycles. The second kappa shape index (κ2) is 45.6. The fourth-order valence-corrected chi connectivity index (χ4v) is 7.82. The van der Waals surface area contributed by atoms with Gasteiger partial charge in [-0.3, -0.25) is 9.59 Å². The van der Waals surface area contributed by atoms with Crippen LogP contribution in [0.3, 0.4) is 0 Å². The first kappa shape index (κ1) is 53.9. The first-order valence-corrected chi connectivity index (χ1v) is 24.8. The summed E-state index contributed by atoms with van der Waals surface area (Å²) in [5, 5.41) is 23.0. The van der Waals surface area contributed by atoms with Gasteiger partial charge in [-0.2, -0.15) is 0 Å². The molecule has 0 saturated heterocycles. The summed E-state index contributed by atoms with van der Waals surface area (Å²) in [4.78, 5) is 24.3. The van der Waals surface area contributed by atoms with Crippen molar-refractivity contribution in [2.45, 2.75) is 289 Å². The molecule has 1 amide bonds. The molecule has 6 nitrogen and oxygen atoms in total. The van der Waals surface area contributed by atoms with Crippen LogP contribution in [0.1, 0.15) is 277 Å². The molecule has 328 valence electrons. The summed E-state index contributed by atoms with van der Waals surface area (Å²) < 4.78 is 5.45. The number of carbonyl (C=O) groups excluding carboxylic acids is 2. The van der Waals surface area contributed by atoms with Crippen molar-refractivity contribution in [1.82, 2.24) is 5.32 Å². The summed E-state index contributed by atoms with van der Waals surface area (Å²) in [7, 11) is 0. The van der Waals surface area contributed by atoms with Crippen LogP contribution in [0.25, 0.3) is 0 Å². The van der Waals surface area contributed by atoms with E-state index >= 15 is 0 Å². The fourth-order valence-electron chi connectivity index (χ4n) is 7.82. The molecule has 0 radical (unpaired) electrons. The predicted molar refractivity (Wildman–Crippen MR) is 237 cm³/mol. The van der Waals surface area contributed by atoms with Gasteiger partial charge in [-0.15, -0.1) is 0 Å². The van der Waals surface area contributed by atoms with E-state index in [1.165, 1.54) is 205 Å². The van der Waals surface area contributed by atoms with Crippen molar-refractivity contribution >= 4 is 11.9 Å². The molecule has 0 rings (SSSR count). The number of hydrogen-bond acceptors (Lipinski definition) is 5.